The molecule has 3 aromatic rings. The van der Waals surface area contributed by atoms with Gasteiger partial charge in [0.05, 0.1) is 42.2 Å². The highest BCUT2D eigenvalue weighted by atomic mass is 16.3. The molecule has 1 unspecified atom stereocenters. The van der Waals surface area contributed by atoms with Crippen molar-refractivity contribution in [2.45, 2.75) is 39.5 Å². The van der Waals surface area contributed by atoms with Crippen LogP contribution in [-0.2, 0) is 6.54 Å². The maximum absolute atomic E-state index is 10.5. The predicted octanol–water partition coefficient (Wildman–Crippen LogP) is 2.08. The van der Waals surface area contributed by atoms with Crippen molar-refractivity contribution < 1.29 is 5.11 Å². The highest BCUT2D eigenvalue weighted by molar-refractivity contribution is 5.77. The molecule has 3 heterocycles. The summed E-state index contributed by atoms with van der Waals surface area (Å²) in [6.45, 7) is 9.41. The molecular formula is C19H25N5O. The van der Waals surface area contributed by atoms with Crippen LogP contribution in [0.15, 0.2) is 30.9 Å². The van der Waals surface area contributed by atoms with Gasteiger partial charge in [0.1, 0.15) is 0 Å². The molecular weight excluding hydrogens is 314 g/mol. The van der Waals surface area contributed by atoms with Gasteiger partial charge in [-0.15, -0.1) is 0 Å². The van der Waals surface area contributed by atoms with E-state index in [1.807, 2.05) is 17.2 Å². The molecule has 0 amide bonds. The Kier molecular flexibility index (Phi) is 4.09. The molecule has 6 nitrogen and oxygen atoms in total. The van der Waals surface area contributed by atoms with E-state index in [-0.39, 0.29) is 0 Å². The number of nitrogens with zero attached hydrogens (tertiary/aromatic N) is 5. The average molecular weight is 339 g/mol. The summed E-state index contributed by atoms with van der Waals surface area (Å²) in [4.78, 5) is 6.75. The smallest absolute Gasteiger partial charge is 0.0959 e. The molecule has 1 aromatic carbocycles. The highest BCUT2D eigenvalue weighted by Crippen LogP contribution is 2.22. The Morgan fingerprint density at radius 1 is 1.16 bits per heavy atom. The SMILES string of the molecule is Cc1cnn(C2CN(CC(O)Cn3cnc4cc(C)c(C)cc43)C2)c1. The average Bonchev–Trinajstić information content (AvgIpc) is 3.10. The normalized spacial score (nSPS) is 17.1. The first kappa shape index (κ1) is 16.3. The summed E-state index contributed by atoms with van der Waals surface area (Å²) in [6.07, 6.45) is 5.41. The van der Waals surface area contributed by atoms with Crippen molar-refractivity contribution in [3.8, 4) is 0 Å². The van der Waals surface area contributed by atoms with Gasteiger partial charge in [-0.2, -0.15) is 5.10 Å². The van der Waals surface area contributed by atoms with E-state index >= 15 is 0 Å². The lowest BCUT2D eigenvalue weighted by atomic mass is 10.1. The number of β-amino-alcohol motifs (C(OH)–C–C–N with tert-alkyl or cyclic N) is 1. The number of hydrogen-bond donors (Lipinski definition) is 1. The molecule has 1 fully saturated rings. The summed E-state index contributed by atoms with van der Waals surface area (Å²) in [7, 11) is 0. The molecule has 132 valence electrons. The van der Waals surface area contributed by atoms with Gasteiger partial charge in [0.2, 0.25) is 0 Å². The topological polar surface area (TPSA) is 59.1 Å². The van der Waals surface area contributed by atoms with Crippen LogP contribution in [0.5, 0.6) is 0 Å². The van der Waals surface area contributed by atoms with Gasteiger partial charge in [-0.05, 0) is 49.6 Å². The van der Waals surface area contributed by atoms with E-state index in [1.54, 1.807) is 0 Å². The number of aryl methyl sites for hydroxylation is 3. The summed E-state index contributed by atoms with van der Waals surface area (Å²) < 4.78 is 4.09. The van der Waals surface area contributed by atoms with Crippen LogP contribution in [0.1, 0.15) is 22.7 Å². The van der Waals surface area contributed by atoms with Crippen LogP contribution in [0.2, 0.25) is 0 Å². The molecule has 0 saturated carbocycles. The Morgan fingerprint density at radius 2 is 1.92 bits per heavy atom. The van der Waals surface area contributed by atoms with Crippen molar-refractivity contribution in [1.29, 1.82) is 0 Å². The number of aromatic nitrogens is 4. The lowest BCUT2D eigenvalue weighted by molar-refractivity contribution is 0.0343. The van der Waals surface area contributed by atoms with Gasteiger partial charge in [-0.3, -0.25) is 9.58 Å². The predicted molar refractivity (Wildman–Crippen MR) is 97.7 cm³/mol. The summed E-state index contributed by atoms with van der Waals surface area (Å²) in [5.74, 6) is 0. The zero-order valence-corrected chi connectivity index (χ0v) is 15.1. The minimum Gasteiger partial charge on any atom is -0.390 e. The molecule has 25 heavy (non-hydrogen) atoms. The number of fused-ring (bicyclic) bond motifs is 1. The molecule has 0 spiro atoms. The molecule has 4 rings (SSSR count). The van der Waals surface area contributed by atoms with Crippen molar-refractivity contribution in [3.63, 3.8) is 0 Å². The standard InChI is InChI=1S/C19H25N5O/c1-13-6-21-24(7-13)16-8-22(9-16)10-17(25)11-23-12-20-18-4-14(2)15(3)5-19(18)23/h4-7,12,16-17,25H,8-11H2,1-3H3. The van der Waals surface area contributed by atoms with Crippen molar-refractivity contribution in [2.24, 2.45) is 0 Å². The van der Waals surface area contributed by atoms with Gasteiger partial charge in [0, 0.05) is 25.8 Å². The first-order valence-corrected chi connectivity index (χ1v) is 8.83. The minimum absolute atomic E-state index is 0.403. The quantitative estimate of drug-likeness (QED) is 0.773. The molecule has 0 aliphatic carbocycles. The van der Waals surface area contributed by atoms with E-state index in [0.29, 0.717) is 19.1 Å². The molecule has 1 aliphatic rings. The third-order valence-electron chi connectivity index (χ3n) is 5.16. The van der Waals surface area contributed by atoms with Gasteiger partial charge >= 0.3 is 0 Å². The van der Waals surface area contributed by atoms with Crippen LogP contribution in [0.4, 0.5) is 0 Å². The lowest BCUT2D eigenvalue weighted by Crippen LogP contribution is -2.51. The first-order chi connectivity index (χ1) is 12.0. The second-order valence-corrected chi connectivity index (χ2v) is 7.35. The second-order valence-electron chi connectivity index (χ2n) is 7.35. The fourth-order valence-corrected chi connectivity index (χ4v) is 3.53. The van der Waals surface area contributed by atoms with Crippen molar-refractivity contribution >= 4 is 11.0 Å². The van der Waals surface area contributed by atoms with Crippen LogP contribution in [-0.4, -0.2) is 55.1 Å². The van der Waals surface area contributed by atoms with E-state index in [9.17, 15) is 5.11 Å². The van der Waals surface area contributed by atoms with E-state index in [1.165, 1.54) is 16.7 Å². The monoisotopic (exact) mass is 339 g/mol. The maximum Gasteiger partial charge on any atom is 0.0959 e. The fraction of sp³-hybridized carbons (Fsp3) is 0.474. The maximum atomic E-state index is 10.5. The number of rotatable bonds is 5. The van der Waals surface area contributed by atoms with Crippen LogP contribution < -0.4 is 0 Å². The number of aliphatic hydroxyl groups excluding tert-OH is 1. The summed E-state index contributed by atoms with van der Waals surface area (Å²) in [6, 6.07) is 4.70. The number of benzene rings is 1. The third kappa shape index (κ3) is 3.19. The van der Waals surface area contributed by atoms with E-state index in [0.717, 1.165) is 24.1 Å². The molecule has 0 bridgehead atoms. The lowest BCUT2D eigenvalue weighted by Gasteiger charge is -2.40. The largest absolute Gasteiger partial charge is 0.390 e. The summed E-state index contributed by atoms with van der Waals surface area (Å²) in [5, 5.41) is 14.9. The molecule has 6 heteroatoms. The Morgan fingerprint density at radius 3 is 2.64 bits per heavy atom. The van der Waals surface area contributed by atoms with Crippen LogP contribution in [0.25, 0.3) is 11.0 Å². The highest BCUT2D eigenvalue weighted by Gasteiger charge is 2.30. The number of aliphatic hydroxyl groups is 1. The molecule has 2 aromatic heterocycles. The van der Waals surface area contributed by atoms with E-state index in [4.69, 9.17) is 0 Å². The van der Waals surface area contributed by atoms with Gasteiger partial charge in [-0.25, -0.2) is 4.98 Å². The van der Waals surface area contributed by atoms with Crippen molar-refractivity contribution in [2.75, 3.05) is 19.6 Å². The van der Waals surface area contributed by atoms with Crippen molar-refractivity contribution in [3.05, 3.63) is 47.5 Å². The first-order valence-electron chi connectivity index (χ1n) is 8.83. The molecule has 0 radical (unpaired) electrons. The van der Waals surface area contributed by atoms with Gasteiger partial charge in [-0.1, -0.05) is 0 Å². The van der Waals surface area contributed by atoms with Gasteiger partial charge < -0.3 is 9.67 Å². The minimum atomic E-state index is -0.403. The number of imidazole rings is 1. The molecule has 1 atom stereocenters. The fourth-order valence-electron chi connectivity index (χ4n) is 3.53. The number of hydrogen-bond acceptors (Lipinski definition) is 4. The number of likely N-dealkylation sites (tertiary alicyclic amines) is 1. The van der Waals surface area contributed by atoms with E-state index in [2.05, 4.69) is 58.7 Å². The Hall–Kier alpha value is -2.18. The molecule has 1 saturated heterocycles. The Labute approximate surface area is 147 Å². The summed E-state index contributed by atoms with van der Waals surface area (Å²) in [5.41, 5.74) is 5.78. The van der Waals surface area contributed by atoms with Crippen LogP contribution in [0, 0.1) is 20.8 Å². The van der Waals surface area contributed by atoms with Crippen LogP contribution in [0.3, 0.4) is 0 Å². The Bertz CT molecular complexity index is 890. The molecule has 1 N–H and O–H groups in total. The van der Waals surface area contributed by atoms with Gasteiger partial charge in [0.15, 0.2) is 0 Å². The van der Waals surface area contributed by atoms with E-state index < -0.39 is 6.10 Å². The van der Waals surface area contributed by atoms with Crippen LogP contribution >= 0.6 is 0 Å². The van der Waals surface area contributed by atoms with Crippen molar-refractivity contribution in [1.82, 2.24) is 24.2 Å². The Balaban J connectivity index is 1.35. The molecule has 1 aliphatic heterocycles. The summed E-state index contributed by atoms with van der Waals surface area (Å²) >= 11 is 0. The van der Waals surface area contributed by atoms with Gasteiger partial charge in [0.25, 0.3) is 0 Å². The zero-order valence-electron chi connectivity index (χ0n) is 15.1. The zero-order chi connectivity index (χ0) is 17.6. The second kappa shape index (κ2) is 6.28. The third-order valence-corrected chi connectivity index (χ3v) is 5.16.